The number of hydrogen-bond donors (Lipinski definition) is 2. The molecule has 0 aliphatic rings. The zero-order chi connectivity index (χ0) is 14.0. The van der Waals surface area contributed by atoms with Crippen molar-refractivity contribution in [3.05, 3.63) is 17.6 Å². The highest BCUT2D eigenvalue weighted by molar-refractivity contribution is 7.89. The lowest BCUT2D eigenvalue weighted by atomic mass is 10.0. The fourth-order valence-electron chi connectivity index (χ4n) is 1.99. The highest BCUT2D eigenvalue weighted by Crippen LogP contribution is 2.22. The normalized spacial score (nSPS) is 12.9. The molecular formula is C12H22N2O3S. The Morgan fingerprint density at radius 2 is 2.06 bits per heavy atom. The van der Waals surface area contributed by atoms with Gasteiger partial charge in [-0.15, -0.1) is 0 Å². The van der Waals surface area contributed by atoms with E-state index in [1.165, 1.54) is 6.07 Å². The largest absolute Gasteiger partial charge is 0.464 e. The molecule has 5 nitrogen and oxygen atoms in total. The summed E-state index contributed by atoms with van der Waals surface area (Å²) in [6.07, 6.45) is 1.68. The molecule has 1 aromatic rings. The van der Waals surface area contributed by atoms with Crippen molar-refractivity contribution in [2.24, 2.45) is 5.73 Å². The van der Waals surface area contributed by atoms with Gasteiger partial charge in [-0.25, -0.2) is 13.1 Å². The molecule has 0 unspecified atom stereocenters. The third kappa shape index (κ3) is 3.57. The van der Waals surface area contributed by atoms with E-state index in [0.717, 1.165) is 12.8 Å². The number of aryl methyl sites for hydroxylation is 1. The van der Waals surface area contributed by atoms with Crippen LogP contribution in [-0.2, 0) is 16.6 Å². The van der Waals surface area contributed by atoms with Crippen molar-refractivity contribution in [3.8, 4) is 0 Å². The molecule has 0 aliphatic carbocycles. The van der Waals surface area contributed by atoms with Crippen molar-refractivity contribution < 1.29 is 12.8 Å². The summed E-state index contributed by atoms with van der Waals surface area (Å²) in [4.78, 5) is 0.173. The van der Waals surface area contributed by atoms with E-state index in [2.05, 4.69) is 4.72 Å². The Balaban J connectivity index is 3.03. The van der Waals surface area contributed by atoms with E-state index in [4.69, 9.17) is 10.2 Å². The molecular weight excluding hydrogens is 252 g/mol. The first-order chi connectivity index (χ1) is 8.22. The molecule has 0 bridgehead atoms. The molecule has 18 heavy (non-hydrogen) atoms. The minimum absolute atomic E-state index is 0.173. The average molecular weight is 274 g/mol. The molecule has 0 radical (unpaired) electrons. The molecule has 6 heteroatoms. The van der Waals surface area contributed by atoms with E-state index in [9.17, 15) is 8.42 Å². The van der Waals surface area contributed by atoms with Crippen LogP contribution >= 0.6 is 0 Å². The fraction of sp³-hybridized carbons (Fsp3) is 0.667. The molecule has 0 amide bonds. The second-order valence-corrected chi connectivity index (χ2v) is 6.73. The van der Waals surface area contributed by atoms with Gasteiger partial charge in [0.25, 0.3) is 0 Å². The van der Waals surface area contributed by atoms with Crippen LogP contribution in [0.15, 0.2) is 15.4 Å². The molecule has 0 atom stereocenters. The van der Waals surface area contributed by atoms with Gasteiger partial charge in [-0.1, -0.05) is 13.3 Å². The van der Waals surface area contributed by atoms with Gasteiger partial charge in [0.1, 0.15) is 16.4 Å². The van der Waals surface area contributed by atoms with E-state index in [1.54, 1.807) is 6.92 Å². The van der Waals surface area contributed by atoms with Gasteiger partial charge < -0.3 is 10.2 Å². The van der Waals surface area contributed by atoms with Crippen LogP contribution in [0.3, 0.4) is 0 Å². The Hall–Kier alpha value is -0.850. The molecule has 1 aromatic heterocycles. The van der Waals surface area contributed by atoms with Gasteiger partial charge in [-0.3, -0.25) is 0 Å². The maximum atomic E-state index is 12.3. The van der Waals surface area contributed by atoms with Crippen molar-refractivity contribution in [1.82, 2.24) is 4.72 Å². The van der Waals surface area contributed by atoms with E-state index in [1.807, 2.05) is 20.8 Å². The molecule has 0 aromatic carbocycles. The SMILES string of the molecule is CCCC(C)(C)NS(=O)(=O)c1cc(CN)oc1C. The first-order valence-corrected chi connectivity index (χ1v) is 7.53. The minimum atomic E-state index is -3.56. The number of nitrogens with one attached hydrogen (secondary N) is 1. The topological polar surface area (TPSA) is 85.3 Å². The molecule has 1 rings (SSSR count). The van der Waals surface area contributed by atoms with Crippen molar-refractivity contribution >= 4 is 10.0 Å². The van der Waals surface area contributed by atoms with E-state index < -0.39 is 15.6 Å². The number of nitrogens with two attached hydrogens (primary N) is 1. The van der Waals surface area contributed by atoms with Crippen LogP contribution in [0.4, 0.5) is 0 Å². The highest BCUT2D eigenvalue weighted by Gasteiger charge is 2.28. The summed E-state index contributed by atoms with van der Waals surface area (Å²) in [5.74, 6) is 0.844. The summed E-state index contributed by atoms with van der Waals surface area (Å²) in [6.45, 7) is 7.57. The predicted octanol–water partition coefficient (Wildman–Crippen LogP) is 1.90. The zero-order valence-corrected chi connectivity index (χ0v) is 12.2. The van der Waals surface area contributed by atoms with Crippen LogP contribution < -0.4 is 10.5 Å². The van der Waals surface area contributed by atoms with E-state index in [-0.39, 0.29) is 11.4 Å². The summed E-state index contributed by atoms with van der Waals surface area (Å²) >= 11 is 0. The predicted molar refractivity (Wildman–Crippen MR) is 70.6 cm³/mol. The second-order valence-electron chi connectivity index (χ2n) is 5.08. The van der Waals surface area contributed by atoms with Crippen molar-refractivity contribution in [2.45, 2.75) is 57.5 Å². The van der Waals surface area contributed by atoms with Gasteiger partial charge >= 0.3 is 0 Å². The quantitative estimate of drug-likeness (QED) is 0.829. The van der Waals surface area contributed by atoms with E-state index >= 15 is 0 Å². The molecule has 104 valence electrons. The lowest BCUT2D eigenvalue weighted by molar-refractivity contribution is 0.416. The monoisotopic (exact) mass is 274 g/mol. The first-order valence-electron chi connectivity index (χ1n) is 6.05. The molecule has 0 aliphatic heterocycles. The summed E-state index contributed by atoms with van der Waals surface area (Å²) in [5.41, 5.74) is 4.97. The molecule has 0 fully saturated rings. The van der Waals surface area contributed by atoms with Crippen LogP contribution in [0.25, 0.3) is 0 Å². The fourth-order valence-corrected chi connectivity index (χ4v) is 3.63. The van der Waals surface area contributed by atoms with Gasteiger partial charge in [0.2, 0.25) is 10.0 Å². The minimum Gasteiger partial charge on any atom is -0.464 e. The maximum absolute atomic E-state index is 12.3. The molecule has 0 spiro atoms. The number of sulfonamides is 1. The Labute approximate surface area is 109 Å². The van der Waals surface area contributed by atoms with Crippen molar-refractivity contribution in [3.63, 3.8) is 0 Å². The van der Waals surface area contributed by atoms with Crippen LogP contribution in [-0.4, -0.2) is 14.0 Å². The molecule has 0 saturated heterocycles. The maximum Gasteiger partial charge on any atom is 0.244 e. The van der Waals surface area contributed by atoms with Crippen molar-refractivity contribution in [1.29, 1.82) is 0 Å². The second kappa shape index (κ2) is 5.42. The molecule has 0 saturated carbocycles. The van der Waals surface area contributed by atoms with Gasteiger partial charge in [0.15, 0.2) is 0 Å². The Morgan fingerprint density at radius 1 is 1.44 bits per heavy atom. The van der Waals surface area contributed by atoms with Gasteiger partial charge in [-0.05, 0) is 27.2 Å². The Kier molecular flexibility index (Phi) is 4.58. The summed E-state index contributed by atoms with van der Waals surface area (Å²) in [6, 6.07) is 1.49. The highest BCUT2D eigenvalue weighted by atomic mass is 32.2. The summed E-state index contributed by atoms with van der Waals surface area (Å²) < 4.78 is 32.5. The summed E-state index contributed by atoms with van der Waals surface area (Å²) in [7, 11) is -3.56. The summed E-state index contributed by atoms with van der Waals surface area (Å²) in [5, 5.41) is 0. The van der Waals surface area contributed by atoms with E-state index in [0.29, 0.717) is 11.5 Å². The smallest absolute Gasteiger partial charge is 0.244 e. The molecule has 1 heterocycles. The zero-order valence-electron chi connectivity index (χ0n) is 11.4. The Bertz CT molecular complexity index is 503. The number of rotatable bonds is 6. The third-order valence-electron chi connectivity index (χ3n) is 2.70. The van der Waals surface area contributed by atoms with Crippen LogP contribution in [0.5, 0.6) is 0 Å². The lowest BCUT2D eigenvalue weighted by Crippen LogP contribution is -2.43. The van der Waals surface area contributed by atoms with Gasteiger partial charge in [0, 0.05) is 11.6 Å². The third-order valence-corrected chi connectivity index (χ3v) is 4.51. The standard InChI is InChI=1S/C12H22N2O3S/c1-5-6-12(3,4)14-18(15,16)11-7-10(8-13)17-9(11)2/h7,14H,5-6,8,13H2,1-4H3. The average Bonchev–Trinajstić information content (AvgIpc) is 2.58. The Morgan fingerprint density at radius 3 is 2.50 bits per heavy atom. The number of hydrogen-bond acceptors (Lipinski definition) is 4. The first kappa shape index (κ1) is 15.2. The van der Waals surface area contributed by atoms with Crippen LogP contribution in [0.2, 0.25) is 0 Å². The van der Waals surface area contributed by atoms with Gasteiger partial charge in [0.05, 0.1) is 6.54 Å². The van der Waals surface area contributed by atoms with Crippen LogP contribution in [0.1, 0.15) is 45.1 Å². The molecule has 3 N–H and O–H groups in total. The van der Waals surface area contributed by atoms with Crippen molar-refractivity contribution in [2.75, 3.05) is 0 Å². The lowest BCUT2D eigenvalue weighted by Gasteiger charge is -2.25. The van der Waals surface area contributed by atoms with Gasteiger partial charge in [-0.2, -0.15) is 0 Å². The number of furan rings is 1. The van der Waals surface area contributed by atoms with Crippen LogP contribution in [0, 0.1) is 6.92 Å².